The summed E-state index contributed by atoms with van der Waals surface area (Å²) in [6.07, 6.45) is 6.06. The van der Waals surface area contributed by atoms with Crippen LogP contribution in [0, 0.1) is 0 Å². The molecule has 0 fully saturated rings. The first kappa shape index (κ1) is 14.1. The zero-order chi connectivity index (χ0) is 15.8. The second-order valence-corrected chi connectivity index (χ2v) is 6.59. The molecule has 0 radical (unpaired) electrons. The minimum absolute atomic E-state index is 0.234. The van der Waals surface area contributed by atoms with Crippen molar-refractivity contribution in [1.82, 2.24) is 9.97 Å². The third-order valence-electron chi connectivity index (χ3n) is 4.03. The quantitative estimate of drug-likeness (QED) is 0.786. The van der Waals surface area contributed by atoms with Gasteiger partial charge in [-0.1, -0.05) is 0 Å². The summed E-state index contributed by atoms with van der Waals surface area (Å²) >= 11 is 1.72. The van der Waals surface area contributed by atoms with Crippen LogP contribution in [0.3, 0.4) is 0 Å². The molecule has 116 valence electrons. The van der Waals surface area contributed by atoms with Gasteiger partial charge in [0.05, 0.1) is 10.9 Å². The number of benzene rings is 1. The molecule has 2 heterocycles. The fraction of sp³-hybridized carbons (Fsp3) is 0.235. The first-order valence-corrected chi connectivity index (χ1v) is 8.30. The van der Waals surface area contributed by atoms with Crippen LogP contribution >= 0.6 is 11.3 Å². The Labute approximate surface area is 136 Å². The SMILES string of the molecule is O=C(O)c1ccc(Oc2ncnc3sc4c(c23)CCCC4)cc1. The van der Waals surface area contributed by atoms with Crippen molar-refractivity contribution in [3.8, 4) is 11.6 Å². The summed E-state index contributed by atoms with van der Waals surface area (Å²) in [6.45, 7) is 0. The molecular weight excluding hydrogens is 312 g/mol. The van der Waals surface area contributed by atoms with Crippen LogP contribution < -0.4 is 4.74 Å². The minimum atomic E-state index is -0.951. The van der Waals surface area contributed by atoms with E-state index in [2.05, 4.69) is 9.97 Å². The molecule has 0 saturated heterocycles. The average Bonchev–Trinajstić information content (AvgIpc) is 2.95. The van der Waals surface area contributed by atoms with Crippen molar-refractivity contribution in [3.63, 3.8) is 0 Å². The predicted octanol–water partition coefficient (Wildman–Crippen LogP) is 4.06. The number of aromatic nitrogens is 2. The molecule has 0 saturated carbocycles. The number of fused-ring (bicyclic) bond motifs is 3. The molecule has 5 nitrogen and oxygen atoms in total. The van der Waals surface area contributed by atoms with Crippen LogP contribution in [-0.4, -0.2) is 21.0 Å². The van der Waals surface area contributed by atoms with E-state index in [1.54, 1.807) is 23.5 Å². The Balaban J connectivity index is 1.74. The van der Waals surface area contributed by atoms with Crippen LogP contribution in [0.15, 0.2) is 30.6 Å². The highest BCUT2D eigenvalue weighted by Gasteiger charge is 2.20. The molecule has 2 aromatic heterocycles. The van der Waals surface area contributed by atoms with E-state index in [1.165, 1.54) is 41.7 Å². The normalized spacial score (nSPS) is 13.7. The van der Waals surface area contributed by atoms with Gasteiger partial charge in [-0.05, 0) is 55.5 Å². The molecule has 3 aromatic rings. The fourth-order valence-electron chi connectivity index (χ4n) is 2.92. The highest BCUT2D eigenvalue weighted by atomic mass is 32.1. The standard InChI is InChI=1S/C17H14N2O3S/c20-17(21)10-5-7-11(8-6-10)22-15-14-12-3-1-2-4-13(12)23-16(14)19-9-18-15/h5-9H,1-4H2,(H,20,21). The van der Waals surface area contributed by atoms with Gasteiger partial charge < -0.3 is 9.84 Å². The van der Waals surface area contributed by atoms with Gasteiger partial charge in [0, 0.05) is 4.88 Å². The molecule has 1 aliphatic rings. The molecule has 1 aromatic carbocycles. The van der Waals surface area contributed by atoms with Crippen molar-refractivity contribution in [2.75, 3.05) is 0 Å². The summed E-state index contributed by atoms with van der Waals surface area (Å²) in [5.41, 5.74) is 1.55. The summed E-state index contributed by atoms with van der Waals surface area (Å²) in [6, 6.07) is 6.35. The number of nitrogens with zero attached hydrogens (tertiary/aromatic N) is 2. The van der Waals surface area contributed by atoms with E-state index in [4.69, 9.17) is 9.84 Å². The lowest BCUT2D eigenvalue weighted by Gasteiger charge is -2.12. The number of aryl methyl sites for hydroxylation is 2. The van der Waals surface area contributed by atoms with Crippen molar-refractivity contribution in [2.45, 2.75) is 25.7 Å². The first-order chi connectivity index (χ1) is 11.2. The van der Waals surface area contributed by atoms with E-state index >= 15 is 0 Å². The van der Waals surface area contributed by atoms with Gasteiger partial charge in [-0.15, -0.1) is 11.3 Å². The number of rotatable bonds is 3. The lowest BCUT2D eigenvalue weighted by Crippen LogP contribution is -1.99. The Morgan fingerprint density at radius 1 is 1.13 bits per heavy atom. The number of hydrogen-bond acceptors (Lipinski definition) is 5. The van der Waals surface area contributed by atoms with Crippen molar-refractivity contribution >= 4 is 27.5 Å². The molecule has 0 bridgehead atoms. The number of hydrogen-bond donors (Lipinski definition) is 1. The van der Waals surface area contributed by atoms with Crippen molar-refractivity contribution in [2.24, 2.45) is 0 Å². The molecule has 0 amide bonds. The van der Waals surface area contributed by atoms with Crippen molar-refractivity contribution < 1.29 is 14.6 Å². The fourth-order valence-corrected chi connectivity index (χ4v) is 4.14. The summed E-state index contributed by atoms with van der Waals surface area (Å²) in [5.74, 6) is 0.177. The first-order valence-electron chi connectivity index (χ1n) is 7.49. The topological polar surface area (TPSA) is 72.3 Å². The van der Waals surface area contributed by atoms with Crippen LogP contribution in [0.1, 0.15) is 33.6 Å². The van der Waals surface area contributed by atoms with E-state index < -0.39 is 5.97 Å². The maximum atomic E-state index is 10.9. The lowest BCUT2D eigenvalue weighted by molar-refractivity contribution is 0.0697. The molecule has 4 rings (SSSR count). The Kier molecular flexibility index (Phi) is 3.46. The smallest absolute Gasteiger partial charge is 0.335 e. The van der Waals surface area contributed by atoms with Crippen LogP contribution in [0.4, 0.5) is 0 Å². The Hall–Kier alpha value is -2.47. The molecule has 0 aliphatic heterocycles. The molecule has 23 heavy (non-hydrogen) atoms. The third kappa shape index (κ3) is 2.55. The maximum Gasteiger partial charge on any atom is 0.335 e. The van der Waals surface area contributed by atoms with Crippen LogP contribution in [0.2, 0.25) is 0 Å². The molecule has 1 N–H and O–H groups in total. The number of carboxylic acids is 1. The summed E-state index contributed by atoms with van der Waals surface area (Å²) in [7, 11) is 0. The second-order valence-electron chi connectivity index (χ2n) is 5.50. The summed E-state index contributed by atoms with van der Waals surface area (Å²) in [5, 5.41) is 9.96. The number of thiophene rings is 1. The number of aromatic carboxylic acids is 1. The highest BCUT2D eigenvalue weighted by Crippen LogP contribution is 2.40. The molecule has 6 heteroatoms. The molecule has 1 aliphatic carbocycles. The maximum absolute atomic E-state index is 10.9. The van der Waals surface area contributed by atoms with E-state index in [-0.39, 0.29) is 5.56 Å². The van der Waals surface area contributed by atoms with Gasteiger partial charge in [0.25, 0.3) is 0 Å². The second kappa shape index (κ2) is 5.62. The highest BCUT2D eigenvalue weighted by molar-refractivity contribution is 7.18. The van der Waals surface area contributed by atoms with Gasteiger partial charge in [0.2, 0.25) is 5.88 Å². The monoisotopic (exact) mass is 326 g/mol. The Morgan fingerprint density at radius 2 is 1.91 bits per heavy atom. The third-order valence-corrected chi connectivity index (χ3v) is 5.23. The average molecular weight is 326 g/mol. The Morgan fingerprint density at radius 3 is 2.70 bits per heavy atom. The zero-order valence-corrected chi connectivity index (χ0v) is 13.1. The van der Waals surface area contributed by atoms with Crippen molar-refractivity contribution in [1.29, 1.82) is 0 Å². The molecule has 0 unspecified atom stereocenters. The van der Waals surface area contributed by atoms with Gasteiger partial charge in [-0.3, -0.25) is 0 Å². The predicted molar refractivity (Wildman–Crippen MR) is 87.5 cm³/mol. The van der Waals surface area contributed by atoms with Crippen LogP contribution in [0.5, 0.6) is 11.6 Å². The van der Waals surface area contributed by atoms with E-state index in [0.29, 0.717) is 11.6 Å². The number of carboxylic acid groups (broad SMARTS) is 1. The largest absolute Gasteiger partial charge is 0.478 e. The molecular formula is C17H14N2O3S. The van der Waals surface area contributed by atoms with Gasteiger partial charge in [0.1, 0.15) is 16.9 Å². The zero-order valence-electron chi connectivity index (χ0n) is 12.3. The summed E-state index contributed by atoms with van der Waals surface area (Å²) < 4.78 is 5.91. The molecule has 0 atom stereocenters. The van der Waals surface area contributed by atoms with Gasteiger partial charge in [0.15, 0.2) is 0 Å². The molecule has 0 spiro atoms. The number of ether oxygens (including phenoxy) is 1. The van der Waals surface area contributed by atoms with Crippen LogP contribution in [-0.2, 0) is 12.8 Å². The Bertz CT molecular complexity index is 887. The summed E-state index contributed by atoms with van der Waals surface area (Å²) in [4.78, 5) is 21.9. The van der Waals surface area contributed by atoms with E-state index in [9.17, 15) is 4.79 Å². The minimum Gasteiger partial charge on any atom is -0.478 e. The van der Waals surface area contributed by atoms with E-state index in [1.807, 2.05) is 0 Å². The number of carbonyl (C=O) groups is 1. The van der Waals surface area contributed by atoms with Gasteiger partial charge >= 0.3 is 5.97 Å². The lowest BCUT2D eigenvalue weighted by atomic mass is 9.97. The van der Waals surface area contributed by atoms with Gasteiger partial charge in [-0.25, -0.2) is 14.8 Å². The van der Waals surface area contributed by atoms with Gasteiger partial charge in [-0.2, -0.15) is 0 Å². The van der Waals surface area contributed by atoms with E-state index in [0.717, 1.165) is 23.1 Å². The van der Waals surface area contributed by atoms with Crippen LogP contribution in [0.25, 0.3) is 10.2 Å². The van der Waals surface area contributed by atoms with Crippen molar-refractivity contribution in [3.05, 3.63) is 46.6 Å².